The number of hydrogen-bond acceptors (Lipinski definition) is 3. The van der Waals surface area contributed by atoms with E-state index in [0.717, 1.165) is 11.5 Å². The zero-order valence-corrected chi connectivity index (χ0v) is 18.4. The first kappa shape index (κ1) is 20.5. The molecule has 1 unspecified atom stereocenters. The monoisotopic (exact) mass is 376 g/mol. The average Bonchev–Trinajstić information content (AvgIpc) is 2.53. The van der Waals surface area contributed by atoms with Gasteiger partial charge in [0.05, 0.1) is 11.2 Å². The fourth-order valence-corrected chi connectivity index (χ4v) is 5.05. The summed E-state index contributed by atoms with van der Waals surface area (Å²) in [6.07, 6.45) is 2.03. The van der Waals surface area contributed by atoms with E-state index >= 15 is 0 Å². The van der Waals surface area contributed by atoms with E-state index < -0.39 is 0 Å². The molecule has 0 radical (unpaired) electrons. The summed E-state index contributed by atoms with van der Waals surface area (Å²) in [6, 6.07) is 4.70. The third kappa shape index (κ3) is 4.89. The Hall–Kier alpha value is -0.800. The lowest BCUT2D eigenvalue weighted by Crippen LogP contribution is -2.20. The largest absolute Gasteiger partial charge is 0.493 e. The highest BCUT2D eigenvalue weighted by Gasteiger charge is 2.28. The average molecular weight is 377 g/mol. The highest BCUT2D eigenvalue weighted by atomic mass is 32.2. The van der Waals surface area contributed by atoms with Crippen LogP contribution < -0.4 is 4.74 Å². The van der Waals surface area contributed by atoms with Crippen molar-refractivity contribution < 1.29 is 4.74 Å². The molecule has 2 rings (SSSR count). The quantitative estimate of drug-likeness (QED) is 0.523. The molecule has 1 aromatic rings. The van der Waals surface area contributed by atoms with Gasteiger partial charge in [-0.1, -0.05) is 47.6 Å². The fraction of sp³-hybridized carbons (Fsp3) is 0.545. The maximum Gasteiger partial charge on any atom is 0.126 e. The van der Waals surface area contributed by atoms with Crippen LogP contribution in [-0.2, 0) is 10.8 Å². The molecule has 1 aromatic carbocycles. The Morgan fingerprint density at radius 1 is 1.12 bits per heavy atom. The normalized spacial score (nSPS) is 18.7. The Morgan fingerprint density at radius 2 is 1.68 bits per heavy atom. The predicted molar refractivity (Wildman–Crippen MR) is 117 cm³/mol. The molecule has 25 heavy (non-hydrogen) atoms. The summed E-state index contributed by atoms with van der Waals surface area (Å²) in [7, 11) is 0. The van der Waals surface area contributed by atoms with Crippen LogP contribution >= 0.6 is 23.5 Å². The molecule has 1 heterocycles. The highest BCUT2D eigenvalue weighted by molar-refractivity contribution is 8.19. The van der Waals surface area contributed by atoms with Crippen molar-refractivity contribution in [2.24, 2.45) is 0 Å². The van der Waals surface area contributed by atoms with Crippen LogP contribution in [0, 0.1) is 0 Å². The lowest BCUT2D eigenvalue weighted by atomic mass is 9.78. The van der Waals surface area contributed by atoms with Gasteiger partial charge in [0.1, 0.15) is 5.75 Å². The van der Waals surface area contributed by atoms with E-state index in [4.69, 9.17) is 4.74 Å². The number of ether oxygens (including phenoxy) is 1. The van der Waals surface area contributed by atoms with Crippen LogP contribution in [0.3, 0.4) is 0 Å². The van der Waals surface area contributed by atoms with Gasteiger partial charge < -0.3 is 4.74 Å². The first-order chi connectivity index (χ1) is 11.6. The summed E-state index contributed by atoms with van der Waals surface area (Å²) in [4.78, 5) is 0. The van der Waals surface area contributed by atoms with Crippen LogP contribution in [0.15, 0.2) is 30.2 Å². The van der Waals surface area contributed by atoms with E-state index in [9.17, 15) is 0 Å². The van der Waals surface area contributed by atoms with Crippen molar-refractivity contribution >= 4 is 29.1 Å². The molecule has 0 spiro atoms. The molecule has 3 heteroatoms. The first-order valence-electron chi connectivity index (χ1n) is 8.98. The SMILES string of the molecule is C=CC1SC=C(c2cc(C(C)(C)C)c(OCC)c(C(C)(C)C)c2)CS1. The zero-order valence-electron chi connectivity index (χ0n) is 16.7. The second-order valence-electron chi connectivity index (χ2n) is 8.53. The number of benzene rings is 1. The Balaban J connectivity index is 2.63. The van der Waals surface area contributed by atoms with Gasteiger partial charge in [0.2, 0.25) is 0 Å². The smallest absolute Gasteiger partial charge is 0.126 e. The standard InChI is InChI=1S/C22H32OS2/c1-9-19-24-13-16(14-25-19)15-11-17(21(3,4)5)20(23-10-2)18(12-15)22(6,7)8/h9,11-13,19H,1,10,14H2,2-8H3. The van der Waals surface area contributed by atoms with E-state index in [1.807, 2.05) is 29.6 Å². The Morgan fingerprint density at radius 3 is 2.04 bits per heavy atom. The molecular weight excluding hydrogens is 344 g/mol. The number of thioether (sulfide) groups is 2. The summed E-state index contributed by atoms with van der Waals surface area (Å²) < 4.78 is 6.62. The van der Waals surface area contributed by atoms with Crippen molar-refractivity contribution in [2.45, 2.75) is 63.9 Å². The van der Waals surface area contributed by atoms with Crippen molar-refractivity contribution in [3.8, 4) is 5.75 Å². The number of rotatable bonds is 4. The topological polar surface area (TPSA) is 9.23 Å². The maximum atomic E-state index is 6.15. The van der Waals surface area contributed by atoms with E-state index in [1.165, 1.54) is 22.3 Å². The molecule has 0 aliphatic carbocycles. The van der Waals surface area contributed by atoms with Gasteiger partial charge in [0.15, 0.2) is 0 Å². The molecule has 0 amide bonds. The van der Waals surface area contributed by atoms with Crippen LogP contribution in [0.25, 0.3) is 5.57 Å². The second kappa shape index (κ2) is 7.84. The van der Waals surface area contributed by atoms with Crippen molar-refractivity contribution in [2.75, 3.05) is 12.4 Å². The van der Waals surface area contributed by atoms with E-state index in [2.05, 4.69) is 72.6 Å². The van der Waals surface area contributed by atoms with Crippen molar-refractivity contribution in [3.63, 3.8) is 0 Å². The Kier molecular flexibility index (Phi) is 6.43. The summed E-state index contributed by atoms with van der Waals surface area (Å²) >= 11 is 3.81. The Labute approximate surface area is 162 Å². The zero-order chi connectivity index (χ0) is 18.8. The lowest BCUT2D eigenvalue weighted by molar-refractivity contribution is 0.319. The van der Waals surface area contributed by atoms with Gasteiger partial charge in [0, 0.05) is 16.9 Å². The third-order valence-corrected chi connectivity index (χ3v) is 6.93. The molecule has 0 N–H and O–H groups in total. The first-order valence-corrected chi connectivity index (χ1v) is 11.0. The van der Waals surface area contributed by atoms with E-state index in [1.54, 1.807) is 0 Å². The van der Waals surface area contributed by atoms with Gasteiger partial charge >= 0.3 is 0 Å². The third-order valence-electron chi connectivity index (χ3n) is 4.30. The van der Waals surface area contributed by atoms with Gasteiger partial charge in [-0.3, -0.25) is 0 Å². The summed E-state index contributed by atoms with van der Waals surface area (Å²) in [6.45, 7) is 20.3. The predicted octanol–water partition coefficient (Wildman–Crippen LogP) is 7.01. The molecule has 0 fully saturated rings. The van der Waals surface area contributed by atoms with E-state index in [0.29, 0.717) is 11.2 Å². The molecule has 0 saturated carbocycles. The molecule has 1 atom stereocenters. The minimum Gasteiger partial charge on any atom is -0.493 e. The van der Waals surface area contributed by atoms with Crippen LogP contribution in [0.5, 0.6) is 5.75 Å². The number of hydrogen-bond donors (Lipinski definition) is 0. The maximum absolute atomic E-state index is 6.15. The molecule has 1 aliphatic heterocycles. The van der Waals surface area contributed by atoms with E-state index in [-0.39, 0.29) is 10.8 Å². The molecular formula is C22H32OS2. The molecule has 0 bridgehead atoms. The summed E-state index contributed by atoms with van der Waals surface area (Å²) in [5.41, 5.74) is 5.43. The van der Waals surface area contributed by atoms with Crippen LogP contribution in [0.4, 0.5) is 0 Å². The minimum absolute atomic E-state index is 0.0413. The molecule has 138 valence electrons. The Bertz CT molecular complexity index is 625. The fourth-order valence-electron chi connectivity index (χ4n) is 2.90. The molecule has 0 saturated heterocycles. The van der Waals surface area contributed by atoms with Gasteiger partial charge in [-0.2, -0.15) is 0 Å². The second-order valence-corrected chi connectivity index (χ2v) is 11.0. The van der Waals surface area contributed by atoms with Gasteiger partial charge in [-0.15, -0.1) is 30.1 Å². The summed E-state index contributed by atoms with van der Waals surface area (Å²) in [5, 5.41) is 2.32. The lowest BCUT2D eigenvalue weighted by Gasteiger charge is -2.31. The van der Waals surface area contributed by atoms with Gasteiger partial charge in [-0.05, 0) is 46.4 Å². The summed E-state index contributed by atoms with van der Waals surface area (Å²) in [5.74, 6) is 2.11. The highest BCUT2D eigenvalue weighted by Crippen LogP contribution is 2.44. The van der Waals surface area contributed by atoms with Gasteiger partial charge in [0.25, 0.3) is 0 Å². The molecule has 1 nitrogen and oxygen atoms in total. The molecule has 0 aromatic heterocycles. The minimum atomic E-state index is 0.0413. The van der Waals surface area contributed by atoms with Crippen molar-refractivity contribution in [1.82, 2.24) is 0 Å². The van der Waals surface area contributed by atoms with Crippen LogP contribution in [0.2, 0.25) is 0 Å². The van der Waals surface area contributed by atoms with Crippen molar-refractivity contribution in [1.29, 1.82) is 0 Å². The van der Waals surface area contributed by atoms with Crippen molar-refractivity contribution in [3.05, 3.63) is 46.9 Å². The van der Waals surface area contributed by atoms with Crippen LogP contribution in [-0.4, -0.2) is 16.9 Å². The molecule has 1 aliphatic rings. The van der Waals surface area contributed by atoms with Crippen LogP contribution in [0.1, 0.15) is 65.2 Å². The van der Waals surface area contributed by atoms with Gasteiger partial charge in [-0.25, -0.2) is 0 Å².